The van der Waals surface area contributed by atoms with E-state index in [1.807, 2.05) is 38.8 Å². The number of carbonyl (C=O) groups excluding carboxylic acids is 1. The smallest absolute Gasteiger partial charge is 0.410 e. The number of anilines is 1. The lowest BCUT2D eigenvalue weighted by atomic mass is 9.79. The zero-order chi connectivity index (χ0) is 24.5. The van der Waals surface area contributed by atoms with Crippen LogP contribution in [0.3, 0.4) is 0 Å². The number of furan rings is 1. The Labute approximate surface area is 204 Å². The molecule has 35 heavy (non-hydrogen) atoms. The van der Waals surface area contributed by atoms with Crippen molar-refractivity contribution in [1.82, 2.24) is 20.1 Å². The molecule has 8 nitrogen and oxygen atoms in total. The van der Waals surface area contributed by atoms with Crippen LogP contribution in [0.1, 0.15) is 38.3 Å². The van der Waals surface area contributed by atoms with Crippen LogP contribution in [0.2, 0.25) is 0 Å². The number of nitrogens with one attached hydrogen (secondary N) is 1. The fourth-order valence-corrected chi connectivity index (χ4v) is 5.55. The average Bonchev–Trinajstić information content (AvgIpc) is 3.49. The predicted molar refractivity (Wildman–Crippen MR) is 136 cm³/mol. The third kappa shape index (κ3) is 3.63. The number of hydrogen-bond donors (Lipinski definition) is 1. The molecule has 182 valence electrons. The van der Waals surface area contributed by atoms with E-state index >= 15 is 0 Å². The van der Waals surface area contributed by atoms with E-state index < -0.39 is 5.60 Å². The normalized spacial score (nSPS) is 17.5. The van der Waals surface area contributed by atoms with Crippen LogP contribution in [0.5, 0.6) is 0 Å². The third-order valence-electron chi connectivity index (χ3n) is 7.25. The lowest BCUT2D eigenvalue weighted by Gasteiger charge is -2.47. The number of amides is 1. The lowest BCUT2D eigenvalue weighted by molar-refractivity contribution is -0.0266. The zero-order valence-electron chi connectivity index (χ0n) is 20.9. The van der Waals surface area contributed by atoms with Crippen LogP contribution < -0.4 is 4.90 Å². The van der Waals surface area contributed by atoms with Crippen molar-refractivity contribution in [2.75, 3.05) is 31.1 Å². The zero-order valence-corrected chi connectivity index (χ0v) is 20.9. The molecule has 1 spiro atoms. The minimum atomic E-state index is -0.476. The molecule has 0 saturated carbocycles. The van der Waals surface area contributed by atoms with Gasteiger partial charge in [0.1, 0.15) is 16.9 Å². The molecule has 0 radical (unpaired) electrons. The van der Waals surface area contributed by atoms with E-state index in [4.69, 9.17) is 14.1 Å². The number of benzene rings is 1. The Balaban J connectivity index is 1.33. The number of ether oxygens (including phenoxy) is 1. The Morgan fingerprint density at radius 2 is 1.97 bits per heavy atom. The maximum absolute atomic E-state index is 12.5. The molecule has 1 aromatic carbocycles. The number of aromatic nitrogens is 3. The maximum atomic E-state index is 12.5. The summed E-state index contributed by atoms with van der Waals surface area (Å²) in [6.07, 6.45) is 4.47. The van der Waals surface area contributed by atoms with Crippen molar-refractivity contribution in [2.45, 2.75) is 46.6 Å². The molecule has 2 aliphatic heterocycles. The Morgan fingerprint density at radius 1 is 1.17 bits per heavy atom. The number of fused-ring (bicyclic) bond motifs is 2. The summed E-state index contributed by atoms with van der Waals surface area (Å²) in [7, 11) is 0. The van der Waals surface area contributed by atoms with Crippen molar-refractivity contribution < 1.29 is 13.9 Å². The summed E-state index contributed by atoms with van der Waals surface area (Å²) in [6, 6.07) is 6.33. The number of aromatic amines is 1. The van der Waals surface area contributed by atoms with Crippen LogP contribution in [0.25, 0.3) is 33.1 Å². The highest BCUT2D eigenvalue weighted by Crippen LogP contribution is 2.44. The minimum absolute atomic E-state index is 0.0969. The number of H-pyrrole nitrogens is 1. The first kappa shape index (κ1) is 21.9. The summed E-state index contributed by atoms with van der Waals surface area (Å²) in [4.78, 5) is 21.7. The van der Waals surface area contributed by atoms with Crippen molar-refractivity contribution in [1.29, 1.82) is 0 Å². The molecule has 2 aliphatic rings. The SMILES string of the molecule is Cc1ccc2[nH]ncc2c1-c1cc(N2CCC3(CN(C(=O)OC(C)(C)C)C3)C2)nc2c(C)coc12. The molecule has 0 atom stereocenters. The molecule has 0 aliphatic carbocycles. The summed E-state index contributed by atoms with van der Waals surface area (Å²) < 4.78 is 11.6. The third-order valence-corrected chi connectivity index (χ3v) is 7.25. The van der Waals surface area contributed by atoms with Gasteiger partial charge in [-0.25, -0.2) is 9.78 Å². The molecule has 6 rings (SSSR count). The van der Waals surface area contributed by atoms with Gasteiger partial charge in [-0.2, -0.15) is 5.10 Å². The lowest BCUT2D eigenvalue weighted by Crippen LogP contribution is -2.60. The van der Waals surface area contributed by atoms with Gasteiger partial charge < -0.3 is 19.0 Å². The highest BCUT2D eigenvalue weighted by atomic mass is 16.6. The summed E-state index contributed by atoms with van der Waals surface area (Å²) >= 11 is 0. The Morgan fingerprint density at radius 3 is 2.74 bits per heavy atom. The molecular weight excluding hydrogens is 442 g/mol. The van der Waals surface area contributed by atoms with Crippen molar-refractivity contribution in [2.24, 2.45) is 5.41 Å². The molecule has 4 aromatic rings. The van der Waals surface area contributed by atoms with Gasteiger partial charge in [-0.15, -0.1) is 0 Å². The highest BCUT2D eigenvalue weighted by Gasteiger charge is 2.50. The van der Waals surface area contributed by atoms with Crippen LogP contribution in [0.15, 0.2) is 35.1 Å². The molecule has 3 aromatic heterocycles. The van der Waals surface area contributed by atoms with Gasteiger partial charge in [0.2, 0.25) is 0 Å². The van der Waals surface area contributed by atoms with E-state index in [9.17, 15) is 4.79 Å². The summed E-state index contributed by atoms with van der Waals surface area (Å²) in [6.45, 7) is 13.1. The van der Waals surface area contributed by atoms with Gasteiger partial charge in [-0.3, -0.25) is 5.10 Å². The summed E-state index contributed by atoms with van der Waals surface area (Å²) in [5, 5.41) is 8.43. The highest BCUT2D eigenvalue weighted by molar-refractivity contribution is 6.04. The second kappa shape index (κ2) is 7.47. The van der Waals surface area contributed by atoms with Crippen molar-refractivity contribution >= 4 is 33.9 Å². The first-order valence-corrected chi connectivity index (χ1v) is 12.2. The molecule has 8 heteroatoms. The number of likely N-dealkylation sites (tertiary alicyclic amines) is 1. The van der Waals surface area contributed by atoms with E-state index in [1.165, 1.54) is 0 Å². The van der Waals surface area contributed by atoms with Crippen LogP contribution in [-0.4, -0.2) is 58.0 Å². The topological polar surface area (TPSA) is 87.5 Å². The van der Waals surface area contributed by atoms with Crippen molar-refractivity contribution in [3.05, 3.63) is 41.8 Å². The van der Waals surface area contributed by atoms with E-state index in [2.05, 4.69) is 40.2 Å². The maximum Gasteiger partial charge on any atom is 0.410 e. The molecule has 0 unspecified atom stereocenters. The average molecular weight is 474 g/mol. The predicted octanol–water partition coefficient (Wildman–Crippen LogP) is 5.44. The quantitative estimate of drug-likeness (QED) is 0.417. The number of nitrogens with zero attached hydrogens (tertiary/aromatic N) is 4. The number of rotatable bonds is 2. The molecule has 2 saturated heterocycles. The first-order chi connectivity index (χ1) is 16.6. The van der Waals surface area contributed by atoms with E-state index in [-0.39, 0.29) is 11.5 Å². The summed E-state index contributed by atoms with van der Waals surface area (Å²) in [5.74, 6) is 0.949. The first-order valence-electron chi connectivity index (χ1n) is 12.2. The van der Waals surface area contributed by atoms with E-state index in [0.29, 0.717) is 0 Å². The number of aryl methyl sites for hydroxylation is 2. The molecule has 5 heterocycles. The van der Waals surface area contributed by atoms with Gasteiger partial charge in [0.25, 0.3) is 0 Å². The summed E-state index contributed by atoms with van der Waals surface area (Å²) in [5.41, 5.74) is 6.65. The molecule has 1 N–H and O–H groups in total. The van der Waals surface area contributed by atoms with Crippen LogP contribution in [0.4, 0.5) is 10.6 Å². The van der Waals surface area contributed by atoms with Gasteiger partial charge in [0, 0.05) is 48.1 Å². The van der Waals surface area contributed by atoms with Gasteiger partial charge in [-0.1, -0.05) is 6.07 Å². The van der Waals surface area contributed by atoms with E-state index in [0.717, 1.165) is 82.7 Å². The minimum Gasteiger partial charge on any atom is -0.462 e. The Kier molecular flexibility index (Phi) is 4.69. The largest absolute Gasteiger partial charge is 0.462 e. The van der Waals surface area contributed by atoms with Gasteiger partial charge in [-0.05, 0) is 64.3 Å². The van der Waals surface area contributed by atoms with Crippen LogP contribution in [-0.2, 0) is 4.74 Å². The van der Waals surface area contributed by atoms with Crippen LogP contribution >= 0.6 is 0 Å². The molecule has 2 fully saturated rings. The monoisotopic (exact) mass is 473 g/mol. The second-order valence-corrected chi connectivity index (χ2v) is 11.2. The van der Waals surface area contributed by atoms with Gasteiger partial charge >= 0.3 is 6.09 Å². The second-order valence-electron chi connectivity index (χ2n) is 11.2. The Hall–Kier alpha value is -3.55. The molecule has 0 bridgehead atoms. The van der Waals surface area contributed by atoms with Crippen LogP contribution in [0, 0.1) is 19.3 Å². The fourth-order valence-electron chi connectivity index (χ4n) is 5.55. The van der Waals surface area contributed by atoms with Gasteiger partial charge in [0.15, 0.2) is 5.58 Å². The number of carbonyl (C=O) groups is 1. The fraction of sp³-hybridized carbons (Fsp3) is 0.444. The molecular formula is C27H31N5O3. The van der Waals surface area contributed by atoms with Gasteiger partial charge in [0.05, 0.1) is 18.0 Å². The molecule has 1 amide bonds. The Bertz CT molecular complexity index is 1460. The number of pyridine rings is 1. The van der Waals surface area contributed by atoms with Crippen molar-refractivity contribution in [3.63, 3.8) is 0 Å². The van der Waals surface area contributed by atoms with E-state index in [1.54, 1.807) is 6.26 Å². The number of hydrogen-bond acceptors (Lipinski definition) is 6. The standard InChI is InChI=1S/C27H31N5O3/c1-16-6-7-20-19(11-28-30-20)22(16)18-10-21(29-23-17(2)12-34-24(18)23)31-9-8-27(13-31)14-32(15-27)25(33)35-26(3,4)5/h6-7,10-12H,8-9,13-15H2,1-5H3,(H,28,30). The van der Waals surface area contributed by atoms with Crippen molar-refractivity contribution in [3.8, 4) is 11.1 Å².